The highest BCUT2D eigenvalue weighted by molar-refractivity contribution is 5.57. The average molecular weight is 310 g/mol. The summed E-state index contributed by atoms with van der Waals surface area (Å²) in [5, 5.41) is 11.3. The molecule has 0 bridgehead atoms. The van der Waals surface area contributed by atoms with Crippen molar-refractivity contribution in [3.8, 4) is 0 Å². The summed E-state index contributed by atoms with van der Waals surface area (Å²) in [6.45, 7) is 0.812. The molecule has 0 aliphatic carbocycles. The summed E-state index contributed by atoms with van der Waals surface area (Å²) in [6, 6.07) is 10.3. The number of nitrogens with zero attached hydrogens (tertiary/aromatic N) is 4. The number of nitro groups is 1. The monoisotopic (exact) mass is 310 g/mol. The third kappa shape index (κ3) is 3.52. The molecule has 0 aliphatic heterocycles. The molecular formula is C16H14N4O3. The molecule has 23 heavy (non-hydrogen) atoms. The van der Waals surface area contributed by atoms with E-state index in [1.807, 2.05) is 18.2 Å². The number of aromatic nitrogens is 2. The van der Waals surface area contributed by atoms with E-state index in [1.165, 1.54) is 6.07 Å². The lowest BCUT2D eigenvalue weighted by Crippen LogP contribution is -2.24. The largest absolute Gasteiger partial charge is 0.467 e. The molecule has 3 aromatic heterocycles. The van der Waals surface area contributed by atoms with Crippen LogP contribution in [0.5, 0.6) is 0 Å². The second kappa shape index (κ2) is 6.69. The number of pyridine rings is 2. The molecule has 0 radical (unpaired) electrons. The van der Waals surface area contributed by atoms with Crippen LogP contribution in [-0.4, -0.2) is 14.9 Å². The van der Waals surface area contributed by atoms with Crippen LogP contribution in [0.4, 0.5) is 11.5 Å². The number of hydrogen-bond donors (Lipinski definition) is 0. The van der Waals surface area contributed by atoms with Crippen molar-refractivity contribution >= 4 is 11.5 Å². The van der Waals surface area contributed by atoms with Crippen molar-refractivity contribution in [1.82, 2.24) is 9.97 Å². The lowest BCUT2D eigenvalue weighted by atomic mass is 10.2. The highest BCUT2D eigenvalue weighted by Gasteiger charge is 2.21. The van der Waals surface area contributed by atoms with Gasteiger partial charge in [-0.15, -0.1) is 0 Å². The van der Waals surface area contributed by atoms with Crippen molar-refractivity contribution in [1.29, 1.82) is 0 Å². The Morgan fingerprint density at radius 2 is 2.00 bits per heavy atom. The zero-order chi connectivity index (χ0) is 16.1. The van der Waals surface area contributed by atoms with Crippen molar-refractivity contribution in [2.45, 2.75) is 13.1 Å². The Bertz CT molecular complexity index is 775. The number of rotatable bonds is 6. The molecule has 0 fully saturated rings. The van der Waals surface area contributed by atoms with E-state index in [0.717, 1.165) is 5.56 Å². The first kappa shape index (κ1) is 14.7. The Morgan fingerprint density at radius 3 is 2.70 bits per heavy atom. The van der Waals surface area contributed by atoms with Crippen molar-refractivity contribution < 1.29 is 9.34 Å². The van der Waals surface area contributed by atoms with Crippen molar-refractivity contribution in [3.63, 3.8) is 0 Å². The summed E-state index contributed by atoms with van der Waals surface area (Å²) >= 11 is 0. The lowest BCUT2D eigenvalue weighted by Gasteiger charge is -2.22. The molecule has 0 aromatic carbocycles. The van der Waals surface area contributed by atoms with Crippen LogP contribution in [0.15, 0.2) is 65.7 Å². The summed E-state index contributed by atoms with van der Waals surface area (Å²) in [6.07, 6.45) is 6.53. The highest BCUT2D eigenvalue weighted by Crippen LogP contribution is 2.27. The molecule has 3 aromatic rings. The van der Waals surface area contributed by atoms with Gasteiger partial charge in [0.1, 0.15) is 5.76 Å². The van der Waals surface area contributed by atoms with Gasteiger partial charge in [0.15, 0.2) is 0 Å². The Kier molecular flexibility index (Phi) is 4.28. The topological polar surface area (TPSA) is 85.3 Å². The third-order valence-electron chi connectivity index (χ3n) is 3.29. The van der Waals surface area contributed by atoms with Crippen LogP contribution in [-0.2, 0) is 13.1 Å². The summed E-state index contributed by atoms with van der Waals surface area (Å²) in [5.74, 6) is 1.01. The van der Waals surface area contributed by atoms with Gasteiger partial charge in [-0.3, -0.25) is 15.1 Å². The Morgan fingerprint density at radius 1 is 1.13 bits per heavy atom. The molecule has 3 heterocycles. The quantitative estimate of drug-likeness (QED) is 0.513. The Labute approximate surface area is 132 Å². The number of furan rings is 1. The van der Waals surface area contributed by atoms with Crippen molar-refractivity contribution in [2.75, 3.05) is 4.90 Å². The van der Waals surface area contributed by atoms with Gasteiger partial charge in [-0.2, -0.15) is 0 Å². The van der Waals surface area contributed by atoms with Gasteiger partial charge in [-0.1, -0.05) is 6.07 Å². The minimum atomic E-state index is -0.430. The van der Waals surface area contributed by atoms with Gasteiger partial charge in [0, 0.05) is 31.2 Å². The third-order valence-corrected chi connectivity index (χ3v) is 3.29. The molecule has 116 valence electrons. The molecule has 0 atom stereocenters. The number of anilines is 1. The maximum atomic E-state index is 11.3. The molecule has 3 rings (SSSR count). The molecular weight excluding hydrogens is 296 g/mol. The Hall–Kier alpha value is -3.22. The minimum absolute atomic E-state index is 0.0389. The SMILES string of the molecule is O=[N+]([O-])c1cccnc1N(Cc1cccnc1)Cc1ccco1. The zero-order valence-corrected chi connectivity index (χ0v) is 12.2. The van der Waals surface area contributed by atoms with Gasteiger partial charge in [0.05, 0.1) is 17.7 Å². The molecule has 0 N–H and O–H groups in total. The van der Waals surface area contributed by atoms with Crippen LogP contribution in [0.3, 0.4) is 0 Å². The predicted molar refractivity (Wildman–Crippen MR) is 83.7 cm³/mol. The van der Waals surface area contributed by atoms with Crippen LogP contribution >= 0.6 is 0 Å². The van der Waals surface area contributed by atoms with Gasteiger partial charge in [-0.25, -0.2) is 4.98 Å². The van der Waals surface area contributed by atoms with Crippen LogP contribution in [0.1, 0.15) is 11.3 Å². The van der Waals surface area contributed by atoms with E-state index in [2.05, 4.69) is 9.97 Å². The predicted octanol–water partition coefficient (Wildman–Crippen LogP) is 3.18. The second-order valence-electron chi connectivity index (χ2n) is 4.90. The fourth-order valence-electron chi connectivity index (χ4n) is 2.28. The molecule has 0 amide bonds. The maximum absolute atomic E-state index is 11.3. The smallest absolute Gasteiger partial charge is 0.311 e. The van der Waals surface area contributed by atoms with Gasteiger partial charge in [0.2, 0.25) is 5.82 Å². The molecule has 0 saturated carbocycles. The van der Waals surface area contributed by atoms with E-state index in [0.29, 0.717) is 24.7 Å². The van der Waals surface area contributed by atoms with E-state index in [1.54, 1.807) is 41.9 Å². The number of hydrogen-bond acceptors (Lipinski definition) is 6. The summed E-state index contributed by atoms with van der Waals surface area (Å²) < 4.78 is 5.37. The molecule has 0 spiro atoms. The summed E-state index contributed by atoms with van der Waals surface area (Å²) in [7, 11) is 0. The summed E-state index contributed by atoms with van der Waals surface area (Å²) in [5.41, 5.74) is 0.891. The highest BCUT2D eigenvalue weighted by atomic mass is 16.6. The van der Waals surface area contributed by atoms with Crippen molar-refractivity contribution in [3.05, 3.63) is 82.7 Å². The van der Waals surface area contributed by atoms with Crippen LogP contribution in [0.2, 0.25) is 0 Å². The van der Waals surface area contributed by atoms with E-state index in [9.17, 15) is 10.1 Å². The van der Waals surface area contributed by atoms with E-state index in [-0.39, 0.29) is 5.69 Å². The van der Waals surface area contributed by atoms with E-state index < -0.39 is 4.92 Å². The van der Waals surface area contributed by atoms with Crippen LogP contribution in [0.25, 0.3) is 0 Å². The fourth-order valence-corrected chi connectivity index (χ4v) is 2.28. The molecule has 0 saturated heterocycles. The molecule has 0 unspecified atom stereocenters. The van der Waals surface area contributed by atoms with Gasteiger partial charge >= 0.3 is 5.69 Å². The average Bonchev–Trinajstić information content (AvgIpc) is 3.08. The first-order valence-corrected chi connectivity index (χ1v) is 6.99. The van der Waals surface area contributed by atoms with Gasteiger partial charge in [0.25, 0.3) is 0 Å². The van der Waals surface area contributed by atoms with Crippen LogP contribution in [0, 0.1) is 10.1 Å². The Balaban J connectivity index is 1.96. The zero-order valence-electron chi connectivity index (χ0n) is 12.2. The summed E-state index contributed by atoms with van der Waals surface area (Å²) in [4.78, 5) is 20.9. The van der Waals surface area contributed by atoms with Crippen LogP contribution < -0.4 is 4.90 Å². The van der Waals surface area contributed by atoms with Crippen molar-refractivity contribution in [2.24, 2.45) is 0 Å². The van der Waals surface area contributed by atoms with Gasteiger partial charge < -0.3 is 9.32 Å². The lowest BCUT2D eigenvalue weighted by molar-refractivity contribution is -0.384. The molecule has 0 aliphatic rings. The molecule has 7 nitrogen and oxygen atoms in total. The van der Waals surface area contributed by atoms with Gasteiger partial charge in [-0.05, 0) is 29.8 Å². The van der Waals surface area contributed by atoms with E-state index >= 15 is 0 Å². The fraction of sp³-hybridized carbons (Fsp3) is 0.125. The first-order chi connectivity index (χ1) is 11.2. The van der Waals surface area contributed by atoms with E-state index in [4.69, 9.17) is 4.42 Å². The first-order valence-electron chi connectivity index (χ1n) is 6.99. The molecule has 7 heteroatoms. The maximum Gasteiger partial charge on any atom is 0.311 e. The minimum Gasteiger partial charge on any atom is -0.467 e. The standard InChI is InChI=1S/C16H14N4O3/c21-20(22)15-6-2-8-18-16(15)19(12-14-5-3-9-23-14)11-13-4-1-7-17-10-13/h1-10H,11-12H2. The second-order valence-corrected chi connectivity index (χ2v) is 4.90. The normalized spacial score (nSPS) is 10.4.